The van der Waals surface area contributed by atoms with Gasteiger partial charge in [-0.15, -0.1) is 0 Å². The summed E-state index contributed by atoms with van der Waals surface area (Å²) in [6.45, 7) is 0.548. The van der Waals surface area contributed by atoms with Gasteiger partial charge < -0.3 is 20.1 Å². The van der Waals surface area contributed by atoms with Gasteiger partial charge in [0.2, 0.25) is 0 Å². The second-order valence-electron chi connectivity index (χ2n) is 6.46. The highest BCUT2D eigenvalue weighted by atomic mass is 19.4. The number of anilines is 2. The molecule has 1 saturated heterocycles. The summed E-state index contributed by atoms with van der Waals surface area (Å²) in [5.74, 6) is -0.988. The molecule has 7 nitrogen and oxygen atoms in total. The number of aromatic nitrogens is 1. The molecule has 1 aliphatic rings. The van der Waals surface area contributed by atoms with Crippen molar-refractivity contribution in [3.63, 3.8) is 0 Å². The first-order valence-corrected chi connectivity index (χ1v) is 8.57. The number of hydrogen-bond acceptors (Lipinski definition) is 6. The molecule has 1 atom stereocenters. The van der Waals surface area contributed by atoms with E-state index in [0.29, 0.717) is 24.8 Å². The third kappa shape index (κ3) is 5.55. The van der Waals surface area contributed by atoms with Crippen molar-refractivity contribution in [3.8, 4) is 0 Å². The van der Waals surface area contributed by atoms with Crippen LogP contribution in [0.15, 0.2) is 36.5 Å². The van der Waals surface area contributed by atoms with E-state index in [-0.39, 0.29) is 24.5 Å². The smallest absolute Gasteiger partial charge is 0.418 e. The molecule has 0 bridgehead atoms. The minimum atomic E-state index is -4.72. The minimum absolute atomic E-state index is 0.0282. The van der Waals surface area contributed by atoms with Crippen LogP contribution in [0.1, 0.15) is 17.7 Å². The average molecular weight is 414 g/mol. The van der Waals surface area contributed by atoms with E-state index in [2.05, 4.69) is 15.6 Å². The molecular weight excluding hydrogens is 396 g/mol. The number of halogens is 4. The number of alkyl carbamates (subject to hydrolysis) is 1. The Morgan fingerprint density at radius 2 is 2.10 bits per heavy atom. The molecule has 0 aliphatic carbocycles. The minimum Gasteiger partial charge on any atom is -0.425 e. The molecule has 1 aliphatic heterocycles. The fourth-order valence-corrected chi connectivity index (χ4v) is 2.64. The predicted molar refractivity (Wildman–Crippen MR) is 94.6 cm³/mol. The lowest BCUT2D eigenvalue weighted by Crippen LogP contribution is -2.47. The molecule has 156 valence electrons. The molecule has 0 radical (unpaired) electrons. The van der Waals surface area contributed by atoms with Crippen molar-refractivity contribution < 1.29 is 31.8 Å². The first kappa shape index (κ1) is 20.8. The number of rotatable bonds is 5. The molecule has 2 heterocycles. The average Bonchev–Trinajstić information content (AvgIpc) is 3.07. The van der Waals surface area contributed by atoms with Crippen molar-refractivity contribution in [2.24, 2.45) is 5.73 Å². The van der Waals surface area contributed by atoms with Crippen molar-refractivity contribution in [2.75, 3.05) is 18.5 Å². The molecule has 1 aromatic heterocycles. The molecule has 4 N–H and O–H groups in total. The highest BCUT2D eigenvalue weighted by molar-refractivity contribution is 5.68. The maximum Gasteiger partial charge on any atom is 0.418 e. The van der Waals surface area contributed by atoms with Gasteiger partial charge in [-0.3, -0.25) is 10.7 Å². The standard InChI is InChI=1S/C18H18F4N4O3/c19-11-1-4-15(14(7-11)18(20,21)22)26-13-3-2-12(24-9-13)8-25-16(27)29-17(23)5-6-28-10-17/h1-4,7,9,26H,5-6,8,10,23H2,(H,25,27)/t17-/m0/s1. The topological polar surface area (TPSA) is 98.5 Å². The zero-order valence-electron chi connectivity index (χ0n) is 15.1. The van der Waals surface area contributed by atoms with Crippen LogP contribution in [0.25, 0.3) is 0 Å². The molecule has 0 spiro atoms. The van der Waals surface area contributed by atoms with Crippen molar-refractivity contribution in [1.29, 1.82) is 0 Å². The van der Waals surface area contributed by atoms with Crippen LogP contribution >= 0.6 is 0 Å². The third-order valence-electron chi connectivity index (χ3n) is 4.12. The first-order chi connectivity index (χ1) is 13.6. The number of carbonyl (C=O) groups is 1. The zero-order valence-corrected chi connectivity index (χ0v) is 15.1. The molecule has 11 heteroatoms. The van der Waals surface area contributed by atoms with Gasteiger partial charge in [-0.2, -0.15) is 13.2 Å². The van der Waals surface area contributed by atoms with Gasteiger partial charge in [0.05, 0.1) is 42.0 Å². The molecule has 2 aromatic rings. The summed E-state index contributed by atoms with van der Waals surface area (Å²) in [4.78, 5) is 15.9. The Bertz CT molecular complexity index is 868. The van der Waals surface area contributed by atoms with Crippen molar-refractivity contribution >= 4 is 17.5 Å². The second-order valence-corrected chi connectivity index (χ2v) is 6.46. The summed E-state index contributed by atoms with van der Waals surface area (Å²) >= 11 is 0. The fraction of sp³-hybridized carbons (Fsp3) is 0.333. The van der Waals surface area contributed by atoms with Gasteiger partial charge in [0.15, 0.2) is 5.72 Å². The van der Waals surface area contributed by atoms with Crippen LogP contribution < -0.4 is 16.4 Å². The number of amides is 1. The summed E-state index contributed by atoms with van der Waals surface area (Å²) in [6.07, 6.45) is -3.76. The normalized spacial score (nSPS) is 19.1. The molecule has 1 fully saturated rings. The van der Waals surface area contributed by atoms with Gasteiger partial charge in [-0.05, 0) is 30.3 Å². The third-order valence-corrected chi connectivity index (χ3v) is 4.12. The molecular formula is C18H18F4N4O3. The predicted octanol–water partition coefficient (Wildman–Crippen LogP) is 3.28. The lowest BCUT2D eigenvalue weighted by atomic mass is 10.1. The van der Waals surface area contributed by atoms with E-state index in [1.165, 1.54) is 18.3 Å². The first-order valence-electron chi connectivity index (χ1n) is 8.57. The van der Waals surface area contributed by atoms with E-state index < -0.39 is 29.4 Å². The summed E-state index contributed by atoms with van der Waals surface area (Å²) in [7, 11) is 0. The molecule has 1 aromatic carbocycles. The summed E-state index contributed by atoms with van der Waals surface area (Å²) in [6, 6.07) is 5.33. The van der Waals surface area contributed by atoms with Crippen LogP contribution in [0.4, 0.5) is 33.7 Å². The van der Waals surface area contributed by atoms with E-state index >= 15 is 0 Å². The van der Waals surface area contributed by atoms with Crippen LogP contribution in [-0.2, 0) is 22.2 Å². The van der Waals surface area contributed by atoms with E-state index in [4.69, 9.17) is 15.2 Å². The number of alkyl halides is 3. The van der Waals surface area contributed by atoms with Crippen LogP contribution in [0, 0.1) is 5.82 Å². The van der Waals surface area contributed by atoms with Gasteiger partial charge in [0.25, 0.3) is 0 Å². The number of nitrogens with two attached hydrogens (primary N) is 1. The van der Waals surface area contributed by atoms with Crippen LogP contribution in [0.3, 0.4) is 0 Å². The van der Waals surface area contributed by atoms with Gasteiger partial charge in [0, 0.05) is 6.42 Å². The second kappa shape index (κ2) is 8.21. The van der Waals surface area contributed by atoms with Crippen LogP contribution in [0.2, 0.25) is 0 Å². The van der Waals surface area contributed by atoms with Gasteiger partial charge in [-0.25, -0.2) is 9.18 Å². The number of nitrogens with one attached hydrogen (secondary N) is 2. The Balaban J connectivity index is 1.59. The number of nitrogens with zero attached hydrogens (tertiary/aromatic N) is 1. The molecule has 1 amide bonds. The van der Waals surface area contributed by atoms with Gasteiger partial charge in [-0.1, -0.05) is 0 Å². The lowest BCUT2D eigenvalue weighted by Gasteiger charge is -2.22. The monoisotopic (exact) mass is 414 g/mol. The Labute approximate surface area is 163 Å². The van der Waals surface area contributed by atoms with Gasteiger partial charge >= 0.3 is 12.3 Å². The fourth-order valence-electron chi connectivity index (χ4n) is 2.64. The van der Waals surface area contributed by atoms with Crippen LogP contribution in [-0.4, -0.2) is 30.0 Å². The highest BCUT2D eigenvalue weighted by Crippen LogP contribution is 2.36. The number of carbonyl (C=O) groups excluding carboxylic acids is 1. The highest BCUT2D eigenvalue weighted by Gasteiger charge is 2.35. The summed E-state index contributed by atoms with van der Waals surface area (Å²) in [5.41, 5.74) is 3.95. The van der Waals surface area contributed by atoms with Crippen LogP contribution in [0.5, 0.6) is 0 Å². The molecule has 0 unspecified atom stereocenters. The van der Waals surface area contributed by atoms with E-state index in [1.807, 2.05) is 0 Å². The Hall–Kier alpha value is -2.92. The Morgan fingerprint density at radius 3 is 2.72 bits per heavy atom. The maximum absolute atomic E-state index is 13.2. The van der Waals surface area contributed by atoms with E-state index in [0.717, 1.165) is 12.1 Å². The molecule has 3 rings (SSSR count). The number of ether oxygens (including phenoxy) is 2. The maximum atomic E-state index is 13.2. The molecule has 0 saturated carbocycles. The summed E-state index contributed by atoms with van der Waals surface area (Å²) < 4.78 is 62.5. The molecule has 29 heavy (non-hydrogen) atoms. The summed E-state index contributed by atoms with van der Waals surface area (Å²) in [5, 5.41) is 5.05. The van der Waals surface area contributed by atoms with E-state index in [1.54, 1.807) is 0 Å². The Morgan fingerprint density at radius 1 is 1.31 bits per heavy atom. The zero-order chi connectivity index (χ0) is 21.1. The number of pyridine rings is 1. The number of benzene rings is 1. The lowest BCUT2D eigenvalue weighted by molar-refractivity contribution is -0.137. The largest absolute Gasteiger partial charge is 0.425 e. The van der Waals surface area contributed by atoms with Gasteiger partial charge in [0.1, 0.15) is 12.4 Å². The Kier molecular flexibility index (Phi) is 5.89. The SMILES string of the molecule is N[C@]1(OC(=O)NCc2ccc(Nc3ccc(F)cc3C(F)(F)F)cn2)CCOC1. The quantitative estimate of drug-likeness (QED) is 0.513. The van der Waals surface area contributed by atoms with E-state index in [9.17, 15) is 22.4 Å². The van der Waals surface area contributed by atoms with Crippen molar-refractivity contribution in [1.82, 2.24) is 10.3 Å². The number of hydrogen-bond donors (Lipinski definition) is 3. The van der Waals surface area contributed by atoms with Crippen molar-refractivity contribution in [3.05, 3.63) is 53.6 Å². The van der Waals surface area contributed by atoms with Crippen molar-refractivity contribution in [2.45, 2.75) is 24.9 Å².